The third-order valence-corrected chi connectivity index (χ3v) is 5.56. The molecule has 1 amide bonds. The van der Waals surface area contributed by atoms with E-state index in [0.29, 0.717) is 17.8 Å². The van der Waals surface area contributed by atoms with Crippen molar-refractivity contribution in [1.82, 2.24) is 4.90 Å². The van der Waals surface area contributed by atoms with E-state index in [1.807, 2.05) is 25.7 Å². The Bertz CT molecular complexity index is 479. The Morgan fingerprint density at radius 2 is 2.17 bits per heavy atom. The number of likely N-dealkylation sites (tertiary alicyclic amines) is 1. The average molecular weight is 321 g/mol. The molecule has 2 fully saturated rings. The lowest BCUT2D eigenvalue weighted by Crippen LogP contribution is -2.40. The van der Waals surface area contributed by atoms with Gasteiger partial charge in [0.25, 0.3) is 0 Å². The number of hydrogen-bond donors (Lipinski definition) is 0. The van der Waals surface area contributed by atoms with Crippen LogP contribution in [0, 0.1) is 17.8 Å². The number of carbonyl (C=O) groups is 1. The number of fused-ring (bicyclic) bond motifs is 2. The van der Waals surface area contributed by atoms with E-state index >= 15 is 0 Å². The van der Waals surface area contributed by atoms with Gasteiger partial charge in [0.15, 0.2) is 0 Å². The zero-order chi connectivity index (χ0) is 16.6. The van der Waals surface area contributed by atoms with Gasteiger partial charge in [0.1, 0.15) is 5.60 Å². The average Bonchev–Trinajstić information content (AvgIpc) is 2.95. The molecule has 0 aromatic heterocycles. The molecule has 130 valence electrons. The van der Waals surface area contributed by atoms with Crippen LogP contribution in [0.1, 0.15) is 53.4 Å². The monoisotopic (exact) mass is 321 g/mol. The number of carbonyl (C=O) groups excluding carboxylic acids is 1. The Kier molecular flexibility index (Phi) is 4.73. The fourth-order valence-electron chi connectivity index (χ4n) is 4.28. The molecule has 0 N–H and O–H groups in total. The molecule has 4 heteroatoms. The minimum absolute atomic E-state index is 0.156. The van der Waals surface area contributed by atoms with Crippen LogP contribution in [0.15, 0.2) is 11.6 Å². The van der Waals surface area contributed by atoms with E-state index in [-0.39, 0.29) is 12.1 Å². The number of ether oxygens (including phenoxy) is 2. The van der Waals surface area contributed by atoms with E-state index in [1.165, 1.54) is 19.3 Å². The summed E-state index contributed by atoms with van der Waals surface area (Å²) in [7, 11) is 0. The first-order valence-electron chi connectivity index (χ1n) is 9.11. The highest BCUT2D eigenvalue weighted by Crippen LogP contribution is 2.39. The molecule has 0 saturated carbocycles. The molecule has 4 nitrogen and oxygen atoms in total. The van der Waals surface area contributed by atoms with Crippen LogP contribution in [0.2, 0.25) is 0 Å². The van der Waals surface area contributed by atoms with Gasteiger partial charge in [-0.15, -0.1) is 0 Å². The molecule has 0 aromatic carbocycles. The Hall–Kier alpha value is -1.03. The lowest BCUT2D eigenvalue weighted by Gasteiger charge is -2.28. The first kappa shape index (κ1) is 16.8. The molecule has 3 rings (SSSR count). The van der Waals surface area contributed by atoms with Crippen molar-refractivity contribution in [2.24, 2.45) is 17.8 Å². The third-order valence-electron chi connectivity index (χ3n) is 5.56. The Labute approximate surface area is 140 Å². The van der Waals surface area contributed by atoms with Crippen LogP contribution in [0.3, 0.4) is 0 Å². The van der Waals surface area contributed by atoms with Crippen LogP contribution >= 0.6 is 0 Å². The van der Waals surface area contributed by atoms with Crippen LogP contribution in [0.4, 0.5) is 4.79 Å². The maximum absolute atomic E-state index is 12.3. The van der Waals surface area contributed by atoms with Crippen molar-refractivity contribution in [3.8, 4) is 0 Å². The second-order valence-corrected chi connectivity index (χ2v) is 8.47. The summed E-state index contributed by atoms with van der Waals surface area (Å²) in [5, 5.41) is 0. The summed E-state index contributed by atoms with van der Waals surface area (Å²) in [5.41, 5.74) is 1.19. The number of hydrogen-bond acceptors (Lipinski definition) is 3. The predicted octanol–water partition coefficient (Wildman–Crippen LogP) is 4.00. The van der Waals surface area contributed by atoms with Crippen molar-refractivity contribution in [2.75, 3.05) is 19.8 Å². The topological polar surface area (TPSA) is 38.8 Å². The van der Waals surface area contributed by atoms with E-state index in [4.69, 9.17) is 9.47 Å². The second kappa shape index (κ2) is 6.46. The lowest BCUT2D eigenvalue weighted by molar-refractivity contribution is 0.0221. The van der Waals surface area contributed by atoms with E-state index in [9.17, 15) is 4.79 Å². The molecule has 0 aromatic rings. The van der Waals surface area contributed by atoms with E-state index < -0.39 is 5.60 Å². The molecule has 2 aliphatic heterocycles. The summed E-state index contributed by atoms with van der Waals surface area (Å²) < 4.78 is 11.2. The molecular weight excluding hydrogens is 290 g/mol. The van der Waals surface area contributed by atoms with Gasteiger partial charge in [-0.1, -0.05) is 11.6 Å². The standard InChI is InChI=1S/C19H31NO3/c1-13-15(7-8-20(13)18(21)23-19(2,3)4)5-6-16-9-14-10-17(16)12-22-11-14/h9,13-15,17H,5-8,10-12H2,1-4H3/t13-,14?,15-,17?/m0/s1. The normalized spacial score (nSPS) is 33.7. The predicted molar refractivity (Wildman–Crippen MR) is 90.2 cm³/mol. The summed E-state index contributed by atoms with van der Waals surface area (Å²) in [6.45, 7) is 10.6. The number of rotatable bonds is 3. The fourth-order valence-corrected chi connectivity index (χ4v) is 4.28. The number of amides is 1. The van der Waals surface area contributed by atoms with Crippen molar-refractivity contribution < 1.29 is 14.3 Å². The van der Waals surface area contributed by atoms with Gasteiger partial charge >= 0.3 is 6.09 Å². The minimum Gasteiger partial charge on any atom is -0.444 e. The first-order chi connectivity index (χ1) is 10.8. The van der Waals surface area contributed by atoms with Crippen molar-refractivity contribution in [3.63, 3.8) is 0 Å². The largest absolute Gasteiger partial charge is 0.444 e. The van der Waals surface area contributed by atoms with E-state index in [1.54, 1.807) is 5.57 Å². The Balaban J connectivity index is 1.50. The van der Waals surface area contributed by atoms with Crippen LogP contribution in [0.5, 0.6) is 0 Å². The SMILES string of the molecule is C[C@H]1[C@@H](CCC2=CC3COCC2C3)CCN1C(=O)OC(C)(C)C. The number of nitrogens with zero attached hydrogens (tertiary/aromatic N) is 1. The van der Waals surface area contributed by atoms with Gasteiger partial charge in [-0.2, -0.15) is 0 Å². The molecule has 2 saturated heterocycles. The summed E-state index contributed by atoms with van der Waals surface area (Å²) >= 11 is 0. The molecule has 0 radical (unpaired) electrons. The fraction of sp³-hybridized carbons (Fsp3) is 0.842. The molecule has 4 atom stereocenters. The van der Waals surface area contributed by atoms with Gasteiger partial charge in [-0.05, 0) is 59.3 Å². The molecule has 0 spiro atoms. The van der Waals surface area contributed by atoms with Crippen LogP contribution < -0.4 is 0 Å². The Morgan fingerprint density at radius 1 is 1.39 bits per heavy atom. The zero-order valence-electron chi connectivity index (χ0n) is 15.0. The van der Waals surface area contributed by atoms with Gasteiger partial charge in [-0.3, -0.25) is 0 Å². The van der Waals surface area contributed by atoms with Gasteiger partial charge in [0, 0.05) is 24.4 Å². The summed E-state index contributed by atoms with van der Waals surface area (Å²) in [6, 6.07) is 0.280. The highest BCUT2D eigenvalue weighted by molar-refractivity contribution is 5.69. The second-order valence-electron chi connectivity index (χ2n) is 8.47. The van der Waals surface area contributed by atoms with Gasteiger partial charge < -0.3 is 14.4 Å². The Morgan fingerprint density at radius 3 is 2.87 bits per heavy atom. The lowest BCUT2D eigenvalue weighted by atomic mass is 9.90. The molecular formula is C19H31NO3. The smallest absolute Gasteiger partial charge is 0.410 e. The quantitative estimate of drug-likeness (QED) is 0.737. The van der Waals surface area contributed by atoms with E-state index in [2.05, 4.69) is 13.0 Å². The van der Waals surface area contributed by atoms with Crippen LogP contribution in [-0.2, 0) is 9.47 Å². The molecule has 3 aliphatic rings. The maximum Gasteiger partial charge on any atom is 0.410 e. The molecule has 23 heavy (non-hydrogen) atoms. The van der Waals surface area contributed by atoms with Crippen LogP contribution in [0.25, 0.3) is 0 Å². The van der Waals surface area contributed by atoms with Crippen molar-refractivity contribution >= 4 is 6.09 Å². The first-order valence-corrected chi connectivity index (χ1v) is 9.11. The van der Waals surface area contributed by atoms with E-state index in [0.717, 1.165) is 26.2 Å². The van der Waals surface area contributed by atoms with Crippen molar-refractivity contribution in [2.45, 2.75) is 65.0 Å². The van der Waals surface area contributed by atoms with Gasteiger partial charge in [0.2, 0.25) is 0 Å². The molecule has 2 bridgehead atoms. The summed E-state index contributed by atoms with van der Waals surface area (Å²) in [5.74, 6) is 1.90. The van der Waals surface area contributed by atoms with Gasteiger partial charge in [-0.25, -0.2) is 4.79 Å². The van der Waals surface area contributed by atoms with Crippen molar-refractivity contribution in [1.29, 1.82) is 0 Å². The molecule has 1 aliphatic carbocycles. The summed E-state index contributed by atoms with van der Waals surface area (Å²) in [4.78, 5) is 14.2. The maximum atomic E-state index is 12.3. The van der Waals surface area contributed by atoms with Gasteiger partial charge in [0.05, 0.1) is 13.2 Å². The highest BCUT2D eigenvalue weighted by Gasteiger charge is 2.37. The van der Waals surface area contributed by atoms with Crippen LogP contribution in [-0.4, -0.2) is 42.4 Å². The zero-order valence-corrected chi connectivity index (χ0v) is 15.0. The third kappa shape index (κ3) is 3.90. The highest BCUT2D eigenvalue weighted by atomic mass is 16.6. The minimum atomic E-state index is -0.416. The molecule has 2 unspecified atom stereocenters. The summed E-state index contributed by atoms with van der Waals surface area (Å²) in [6.07, 6.45) is 7.04. The van der Waals surface area contributed by atoms with Crippen molar-refractivity contribution in [3.05, 3.63) is 11.6 Å². The molecule has 2 heterocycles.